The average Bonchev–Trinajstić information content (AvgIpc) is 2.65. The van der Waals surface area contributed by atoms with E-state index in [1.807, 2.05) is 27.8 Å². The molecule has 0 aromatic carbocycles. The summed E-state index contributed by atoms with van der Waals surface area (Å²) in [5.74, 6) is 0. The minimum atomic E-state index is -0.406. The van der Waals surface area contributed by atoms with Crippen molar-refractivity contribution in [2.24, 2.45) is 0 Å². The Balaban J connectivity index is 1.77. The first-order chi connectivity index (χ1) is 8.37. The number of rotatable bonds is 2. The maximum absolute atomic E-state index is 11.9. The van der Waals surface area contributed by atoms with Crippen LogP contribution in [0.5, 0.6) is 0 Å². The second kappa shape index (κ2) is 5.45. The van der Waals surface area contributed by atoms with Gasteiger partial charge in [-0.15, -0.1) is 0 Å². The first kappa shape index (κ1) is 14.3. The Morgan fingerprint density at radius 1 is 1.44 bits per heavy atom. The Hall–Kier alpha value is -0.160. The summed E-state index contributed by atoms with van der Waals surface area (Å²) in [4.78, 5) is 16.1. The molecule has 1 unspecified atom stereocenters. The van der Waals surface area contributed by atoms with E-state index in [2.05, 4.69) is 14.8 Å². The molecule has 5 heteroatoms. The number of amides is 1. The zero-order valence-corrected chi connectivity index (χ0v) is 15.0. The van der Waals surface area contributed by atoms with Gasteiger partial charge in [-0.05, 0) is 0 Å². The Bertz CT molecular complexity index is 345. The predicted octanol–water partition coefficient (Wildman–Crippen LogP) is 1.56. The summed E-state index contributed by atoms with van der Waals surface area (Å²) < 4.78 is 9.23. The standard InChI is InChI=1S/C13H22N2O2.In/c1-7-10(2)15-8-11(9-15)14(6)12(16)17-13(3,4)5;/h1,7,10-11H,2,8-9H2,3-6H3;. The van der Waals surface area contributed by atoms with E-state index in [9.17, 15) is 4.79 Å². The molecule has 2 heterocycles. The van der Waals surface area contributed by atoms with Gasteiger partial charge in [0.25, 0.3) is 0 Å². The molecule has 0 aliphatic carbocycles. The molecule has 0 aromatic heterocycles. The summed E-state index contributed by atoms with van der Waals surface area (Å²) in [6, 6.07) is 0.996. The van der Waals surface area contributed by atoms with Crippen molar-refractivity contribution in [3.8, 4) is 0 Å². The number of likely N-dealkylation sites (N-methyl/N-ethyl adjacent to an activating group) is 1. The van der Waals surface area contributed by atoms with Gasteiger partial charge >= 0.3 is 121 Å². The fourth-order valence-electron chi connectivity index (χ4n) is 2.26. The number of ether oxygens (including phenoxy) is 1. The van der Waals surface area contributed by atoms with Crippen LogP contribution in [0.25, 0.3) is 0 Å². The Labute approximate surface area is 121 Å². The van der Waals surface area contributed by atoms with Crippen molar-refractivity contribution in [1.82, 2.24) is 9.80 Å². The molecule has 2 aliphatic heterocycles. The average molecular weight is 353 g/mol. The number of carbonyl (C=O) groups is 1. The van der Waals surface area contributed by atoms with Crippen molar-refractivity contribution in [1.29, 1.82) is 0 Å². The first-order valence-electron chi connectivity index (χ1n) is 6.57. The second-order valence-electron chi connectivity index (χ2n) is 6.12. The quantitative estimate of drug-likeness (QED) is 0.756. The van der Waals surface area contributed by atoms with Crippen LogP contribution in [-0.4, -0.2) is 76.6 Å². The second-order valence-corrected chi connectivity index (χ2v) is 9.91. The van der Waals surface area contributed by atoms with Crippen LogP contribution in [0.3, 0.4) is 0 Å². The zero-order chi connectivity index (χ0) is 13.3. The summed E-state index contributed by atoms with van der Waals surface area (Å²) in [5, 5.41) is 0. The van der Waals surface area contributed by atoms with E-state index >= 15 is 0 Å². The van der Waals surface area contributed by atoms with Crippen LogP contribution in [0, 0.1) is 0 Å². The van der Waals surface area contributed by atoms with Gasteiger partial charge in [-0.2, -0.15) is 0 Å². The van der Waals surface area contributed by atoms with Gasteiger partial charge in [-0.1, -0.05) is 0 Å². The number of likely N-dealkylation sites (tertiary alicyclic amines) is 1. The van der Waals surface area contributed by atoms with Gasteiger partial charge < -0.3 is 0 Å². The molecule has 0 saturated carbocycles. The molecule has 2 rings (SSSR count). The number of hydrogen-bond donors (Lipinski definition) is 0. The van der Waals surface area contributed by atoms with E-state index in [0.29, 0.717) is 12.1 Å². The third-order valence-electron chi connectivity index (χ3n) is 3.44. The van der Waals surface area contributed by atoms with Crippen molar-refractivity contribution in [2.75, 3.05) is 20.1 Å². The van der Waals surface area contributed by atoms with Crippen LogP contribution in [0.1, 0.15) is 20.8 Å². The molecule has 0 spiro atoms. The van der Waals surface area contributed by atoms with Gasteiger partial charge in [0.2, 0.25) is 0 Å². The van der Waals surface area contributed by atoms with E-state index in [4.69, 9.17) is 4.74 Å². The van der Waals surface area contributed by atoms with Gasteiger partial charge in [0.15, 0.2) is 0 Å². The summed E-state index contributed by atoms with van der Waals surface area (Å²) >= 11 is -0.335. The number of hydrogen-bond acceptors (Lipinski definition) is 3. The molecule has 1 radical (unpaired) electrons. The van der Waals surface area contributed by atoms with Crippen LogP contribution in [0.2, 0.25) is 4.18 Å². The van der Waals surface area contributed by atoms with Crippen LogP contribution in [-0.2, 0) is 4.74 Å². The number of carbonyl (C=O) groups excluding carboxylic acids is 1. The summed E-state index contributed by atoms with van der Waals surface area (Å²) in [7, 11) is 1.85. The monoisotopic (exact) mass is 353 g/mol. The van der Waals surface area contributed by atoms with Gasteiger partial charge in [-0.25, -0.2) is 0 Å². The molecule has 0 N–H and O–H groups in total. The van der Waals surface area contributed by atoms with E-state index in [0.717, 1.165) is 13.1 Å². The Morgan fingerprint density at radius 3 is 2.61 bits per heavy atom. The first-order valence-corrected chi connectivity index (χ1v) is 10.8. The molecule has 0 aromatic rings. The Kier molecular flexibility index (Phi) is 4.32. The molecule has 1 saturated heterocycles. The molecule has 2 aliphatic rings. The third kappa shape index (κ3) is 3.44. The van der Waals surface area contributed by atoms with Crippen molar-refractivity contribution in [3.05, 3.63) is 9.91 Å². The molecular weight excluding hydrogens is 331 g/mol. The van der Waals surface area contributed by atoms with E-state index in [-0.39, 0.29) is 29.0 Å². The zero-order valence-electron chi connectivity index (χ0n) is 11.7. The third-order valence-corrected chi connectivity index (χ3v) is 7.00. The molecule has 1 fully saturated rings. The van der Waals surface area contributed by atoms with Crippen LogP contribution in [0.4, 0.5) is 4.79 Å². The molecule has 0 bridgehead atoms. The normalized spacial score (nSPS) is 24.6. The molecule has 18 heavy (non-hydrogen) atoms. The van der Waals surface area contributed by atoms with Crippen molar-refractivity contribution in [2.45, 2.75) is 42.6 Å². The maximum atomic E-state index is 11.9. The number of nitrogens with zero attached hydrogens (tertiary/aromatic N) is 2. The molecular formula is C13H22InN2O2. The van der Waals surface area contributed by atoms with Gasteiger partial charge in [0.05, 0.1) is 0 Å². The van der Waals surface area contributed by atoms with Crippen LogP contribution < -0.4 is 0 Å². The van der Waals surface area contributed by atoms with Gasteiger partial charge in [-0.3, -0.25) is 0 Å². The van der Waals surface area contributed by atoms with Gasteiger partial charge in [0.1, 0.15) is 0 Å². The topological polar surface area (TPSA) is 32.8 Å². The fraction of sp³-hybridized carbons (Fsp3) is 0.769. The van der Waals surface area contributed by atoms with E-state index in [1.54, 1.807) is 4.90 Å². The molecule has 4 nitrogen and oxygen atoms in total. The van der Waals surface area contributed by atoms with Crippen LogP contribution >= 0.6 is 0 Å². The van der Waals surface area contributed by atoms with Gasteiger partial charge in [0, 0.05) is 0 Å². The van der Waals surface area contributed by atoms with E-state index in [1.165, 1.54) is 4.18 Å². The summed E-state index contributed by atoms with van der Waals surface area (Å²) in [5.41, 5.74) is -0.406. The molecule has 99 valence electrons. The predicted molar refractivity (Wildman–Crippen MR) is 72.8 cm³/mol. The Morgan fingerprint density at radius 2 is 2.11 bits per heavy atom. The molecule has 1 amide bonds. The van der Waals surface area contributed by atoms with Crippen molar-refractivity contribution in [3.63, 3.8) is 0 Å². The van der Waals surface area contributed by atoms with Crippen LogP contribution in [0.15, 0.2) is 9.91 Å². The van der Waals surface area contributed by atoms with E-state index < -0.39 is 5.60 Å². The summed E-state index contributed by atoms with van der Waals surface area (Å²) in [6.07, 6.45) is 2.16. The minimum absolute atomic E-state index is 0.202. The van der Waals surface area contributed by atoms with Crippen molar-refractivity contribution >= 4 is 29.0 Å². The molecule has 1 atom stereocenters. The summed E-state index contributed by atoms with van der Waals surface area (Å²) in [6.45, 7) is 7.70. The fourth-order valence-corrected chi connectivity index (χ4v) is 5.99. The van der Waals surface area contributed by atoms with Crippen molar-refractivity contribution < 1.29 is 9.53 Å². The SMILES string of the molecule is CN(C(=O)OC(C)(C)C)C1CN(C2C=[CH][In][CH2]2)C1.